The summed E-state index contributed by atoms with van der Waals surface area (Å²) in [6, 6.07) is 0. The van der Waals surface area contributed by atoms with E-state index in [1.165, 1.54) is 0 Å². The smallest absolute Gasteiger partial charge is 0.236 e. The van der Waals surface area contributed by atoms with E-state index in [4.69, 9.17) is 0 Å². The largest absolute Gasteiger partial charge is 0.393 e. The number of likely N-dealkylation sites (N-methyl/N-ethyl adjacent to an activating group) is 1. The van der Waals surface area contributed by atoms with E-state index in [-0.39, 0.29) is 12.0 Å². The number of likely N-dealkylation sites (tertiary alicyclic amines) is 2. The summed E-state index contributed by atoms with van der Waals surface area (Å²) in [6.07, 6.45) is 3.69. The second-order valence-electron chi connectivity index (χ2n) is 7.90. The van der Waals surface area contributed by atoms with E-state index < -0.39 is 0 Å². The van der Waals surface area contributed by atoms with E-state index in [2.05, 4.69) is 24.6 Å². The molecule has 0 bridgehead atoms. The van der Waals surface area contributed by atoms with E-state index in [0.29, 0.717) is 12.5 Å². The molecule has 2 fully saturated rings. The minimum atomic E-state index is -0.153. The summed E-state index contributed by atoms with van der Waals surface area (Å²) >= 11 is 0. The molecule has 1 aromatic rings. The molecule has 1 aromatic heterocycles. The van der Waals surface area contributed by atoms with E-state index >= 15 is 0 Å². The van der Waals surface area contributed by atoms with Crippen molar-refractivity contribution in [2.45, 2.75) is 44.2 Å². The second-order valence-corrected chi connectivity index (χ2v) is 7.90. The number of piperidine rings is 2. The van der Waals surface area contributed by atoms with Gasteiger partial charge in [-0.05, 0) is 32.2 Å². The van der Waals surface area contributed by atoms with Crippen LogP contribution in [0.5, 0.6) is 0 Å². The molecule has 3 heterocycles. The van der Waals surface area contributed by atoms with Crippen LogP contribution in [0, 0.1) is 0 Å². The Hall–Kier alpha value is -1.51. The zero-order chi connectivity index (χ0) is 18.7. The van der Waals surface area contributed by atoms with Crippen LogP contribution >= 0.6 is 0 Å². The van der Waals surface area contributed by atoms with Crippen molar-refractivity contribution in [1.82, 2.24) is 29.5 Å². The number of aromatic nitrogens is 3. The standard InChI is InChI=1S/C18H32N6O2/c1-21(2)17(26)13-24-8-4-5-14(11-24)18-20-19-16(22(18)3)12-23-9-6-15(25)7-10-23/h14-15,25H,4-13H2,1-3H3. The Morgan fingerprint density at radius 3 is 2.58 bits per heavy atom. The van der Waals surface area contributed by atoms with Crippen LogP contribution in [0.1, 0.15) is 43.3 Å². The topological polar surface area (TPSA) is 77.7 Å². The van der Waals surface area contributed by atoms with Gasteiger partial charge in [-0.1, -0.05) is 0 Å². The third-order valence-electron chi connectivity index (χ3n) is 5.65. The first-order chi connectivity index (χ1) is 12.4. The number of aliphatic hydroxyl groups is 1. The molecule has 1 N–H and O–H groups in total. The summed E-state index contributed by atoms with van der Waals surface area (Å²) in [7, 11) is 5.66. The summed E-state index contributed by atoms with van der Waals surface area (Å²) in [5, 5.41) is 18.6. The van der Waals surface area contributed by atoms with Crippen LogP contribution in [0.4, 0.5) is 0 Å². The fraction of sp³-hybridized carbons (Fsp3) is 0.833. The number of rotatable bonds is 5. The highest BCUT2D eigenvalue weighted by Crippen LogP contribution is 2.26. The minimum Gasteiger partial charge on any atom is -0.393 e. The highest BCUT2D eigenvalue weighted by atomic mass is 16.3. The van der Waals surface area contributed by atoms with Crippen LogP contribution in [0.15, 0.2) is 0 Å². The van der Waals surface area contributed by atoms with E-state index in [1.807, 2.05) is 7.05 Å². The van der Waals surface area contributed by atoms with Crippen molar-refractivity contribution in [3.8, 4) is 0 Å². The second kappa shape index (κ2) is 8.45. The van der Waals surface area contributed by atoms with Gasteiger partial charge in [-0.3, -0.25) is 14.6 Å². The summed E-state index contributed by atoms with van der Waals surface area (Å²) in [4.78, 5) is 18.2. The first-order valence-electron chi connectivity index (χ1n) is 9.65. The quantitative estimate of drug-likeness (QED) is 0.795. The third-order valence-corrected chi connectivity index (χ3v) is 5.65. The molecule has 2 aliphatic heterocycles. The molecule has 1 unspecified atom stereocenters. The van der Waals surface area contributed by atoms with Crippen LogP contribution in [-0.2, 0) is 18.4 Å². The first kappa shape index (κ1) is 19.3. The Labute approximate surface area is 155 Å². The summed E-state index contributed by atoms with van der Waals surface area (Å²) < 4.78 is 2.13. The lowest BCUT2D eigenvalue weighted by Crippen LogP contribution is -2.42. The Morgan fingerprint density at radius 1 is 1.15 bits per heavy atom. The van der Waals surface area contributed by atoms with E-state index in [1.54, 1.807) is 19.0 Å². The lowest BCUT2D eigenvalue weighted by molar-refractivity contribution is -0.130. The maximum atomic E-state index is 12.0. The molecule has 0 saturated carbocycles. The van der Waals surface area contributed by atoms with Gasteiger partial charge in [0, 0.05) is 46.7 Å². The fourth-order valence-corrected chi connectivity index (χ4v) is 3.89. The number of amides is 1. The van der Waals surface area contributed by atoms with Gasteiger partial charge in [0.25, 0.3) is 0 Å². The van der Waals surface area contributed by atoms with Crippen molar-refractivity contribution < 1.29 is 9.90 Å². The van der Waals surface area contributed by atoms with Gasteiger partial charge in [-0.25, -0.2) is 0 Å². The van der Waals surface area contributed by atoms with Crippen molar-refractivity contribution in [3.63, 3.8) is 0 Å². The van der Waals surface area contributed by atoms with Crippen LogP contribution in [-0.4, -0.2) is 93.4 Å². The molecule has 8 nitrogen and oxygen atoms in total. The molecule has 8 heteroatoms. The van der Waals surface area contributed by atoms with Crippen LogP contribution in [0.2, 0.25) is 0 Å². The molecule has 3 rings (SSSR count). The SMILES string of the molecule is CN(C)C(=O)CN1CCCC(c2nnc(CN3CCC(O)CC3)n2C)C1. The maximum Gasteiger partial charge on any atom is 0.236 e. The summed E-state index contributed by atoms with van der Waals surface area (Å²) in [5.41, 5.74) is 0. The molecular weight excluding hydrogens is 332 g/mol. The zero-order valence-corrected chi connectivity index (χ0v) is 16.3. The van der Waals surface area contributed by atoms with Crippen molar-refractivity contribution in [2.24, 2.45) is 7.05 Å². The number of aliphatic hydroxyl groups excluding tert-OH is 1. The van der Waals surface area contributed by atoms with Gasteiger partial charge in [0.15, 0.2) is 0 Å². The third kappa shape index (κ3) is 4.61. The van der Waals surface area contributed by atoms with Gasteiger partial charge >= 0.3 is 0 Å². The summed E-state index contributed by atoms with van der Waals surface area (Å²) in [5.74, 6) is 2.49. The molecule has 0 spiro atoms. The highest BCUT2D eigenvalue weighted by molar-refractivity contribution is 5.77. The fourth-order valence-electron chi connectivity index (χ4n) is 3.89. The molecule has 1 atom stereocenters. The number of hydrogen-bond donors (Lipinski definition) is 1. The summed E-state index contributed by atoms with van der Waals surface area (Å²) in [6.45, 7) is 4.91. The van der Waals surface area contributed by atoms with Crippen LogP contribution in [0.3, 0.4) is 0 Å². The molecule has 26 heavy (non-hydrogen) atoms. The Balaban J connectivity index is 1.60. The van der Waals surface area contributed by atoms with Crippen molar-refractivity contribution in [1.29, 1.82) is 0 Å². The Bertz CT molecular complexity index is 609. The van der Waals surface area contributed by atoms with Crippen molar-refractivity contribution >= 4 is 5.91 Å². The van der Waals surface area contributed by atoms with Crippen LogP contribution in [0.25, 0.3) is 0 Å². The van der Waals surface area contributed by atoms with Gasteiger partial charge in [0.05, 0.1) is 19.2 Å². The molecule has 1 amide bonds. The van der Waals surface area contributed by atoms with Gasteiger partial charge in [0.1, 0.15) is 11.6 Å². The minimum absolute atomic E-state index is 0.150. The molecule has 146 valence electrons. The van der Waals surface area contributed by atoms with Gasteiger partial charge < -0.3 is 14.6 Å². The van der Waals surface area contributed by atoms with Crippen molar-refractivity contribution in [2.75, 3.05) is 46.8 Å². The molecule has 0 radical (unpaired) electrons. The number of hydrogen-bond acceptors (Lipinski definition) is 6. The monoisotopic (exact) mass is 364 g/mol. The zero-order valence-electron chi connectivity index (χ0n) is 16.3. The number of carbonyl (C=O) groups is 1. The molecule has 0 aliphatic carbocycles. The maximum absolute atomic E-state index is 12.0. The molecule has 2 aliphatic rings. The lowest BCUT2D eigenvalue weighted by Gasteiger charge is -2.32. The highest BCUT2D eigenvalue weighted by Gasteiger charge is 2.28. The lowest BCUT2D eigenvalue weighted by atomic mass is 9.97. The Kier molecular flexibility index (Phi) is 6.26. The molecule has 2 saturated heterocycles. The molecule has 0 aromatic carbocycles. The average Bonchev–Trinajstić information content (AvgIpc) is 2.98. The van der Waals surface area contributed by atoms with E-state index in [9.17, 15) is 9.90 Å². The number of carbonyl (C=O) groups excluding carboxylic acids is 1. The van der Waals surface area contributed by atoms with Gasteiger partial charge in [-0.15, -0.1) is 10.2 Å². The first-order valence-corrected chi connectivity index (χ1v) is 9.65. The van der Waals surface area contributed by atoms with Crippen molar-refractivity contribution in [3.05, 3.63) is 11.6 Å². The Morgan fingerprint density at radius 2 is 1.88 bits per heavy atom. The van der Waals surface area contributed by atoms with Gasteiger partial charge in [0.2, 0.25) is 5.91 Å². The average molecular weight is 364 g/mol. The predicted octanol–water partition coefficient (Wildman–Crippen LogP) is 0.0394. The molecular formula is C18H32N6O2. The van der Waals surface area contributed by atoms with Crippen LogP contribution < -0.4 is 0 Å². The van der Waals surface area contributed by atoms with E-state index in [0.717, 1.165) is 70.1 Å². The van der Waals surface area contributed by atoms with Gasteiger partial charge in [-0.2, -0.15) is 0 Å². The normalized spacial score (nSPS) is 23.3. The number of nitrogens with zero attached hydrogens (tertiary/aromatic N) is 6. The predicted molar refractivity (Wildman–Crippen MR) is 98.6 cm³/mol.